The number of carbonyl (C=O) groups excluding carboxylic acids is 1. The van der Waals surface area contributed by atoms with Crippen molar-refractivity contribution in [3.05, 3.63) is 78.4 Å². The highest BCUT2D eigenvalue weighted by Crippen LogP contribution is 2.26. The van der Waals surface area contributed by atoms with Gasteiger partial charge in [-0.15, -0.1) is 0 Å². The fraction of sp³-hybridized carbons (Fsp3) is 0.208. The van der Waals surface area contributed by atoms with Gasteiger partial charge in [0.1, 0.15) is 11.5 Å². The first-order valence-electron chi connectivity index (χ1n) is 10.1. The number of rotatable bonds is 9. The molecule has 1 amide bonds. The van der Waals surface area contributed by atoms with Gasteiger partial charge in [-0.05, 0) is 62.4 Å². The number of sulfonamides is 1. The number of carbonyl (C=O) groups is 1. The maximum absolute atomic E-state index is 13.0. The van der Waals surface area contributed by atoms with Crippen molar-refractivity contribution in [2.75, 3.05) is 29.9 Å². The van der Waals surface area contributed by atoms with Crippen molar-refractivity contribution in [2.45, 2.75) is 18.7 Å². The van der Waals surface area contributed by atoms with E-state index in [2.05, 4.69) is 5.32 Å². The van der Waals surface area contributed by atoms with Gasteiger partial charge in [0.25, 0.3) is 15.9 Å². The van der Waals surface area contributed by atoms with E-state index in [1.165, 1.54) is 4.31 Å². The van der Waals surface area contributed by atoms with Gasteiger partial charge in [-0.3, -0.25) is 9.10 Å². The minimum Gasteiger partial charge on any atom is -0.497 e. The second-order valence-electron chi connectivity index (χ2n) is 7.05. The molecular weight excluding hydrogens is 428 g/mol. The molecule has 8 heteroatoms. The SMILES string of the molecule is CCN(c1ccc(OCC(=O)Nc2cccc(OC)c2)cc1)S(=O)(=O)c1ccc(C)cc1. The molecule has 0 heterocycles. The van der Waals surface area contributed by atoms with Gasteiger partial charge in [-0.1, -0.05) is 23.8 Å². The van der Waals surface area contributed by atoms with Crippen LogP contribution in [-0.4, -0.2) is 34.6 Å². The minimum absolute atomic E-state index is 0.185. The van der Waals surface area contributed by atoms with E-state index in [-0.39, 0.29) is 24.0 Å². The molecule has 0 atom stereocenters. The molecule has 0 aliphatic heterocycles. The summed E-state index contributed by atoms with van der Waals surface area (Å²) < 4.78 is 38.1. The number of hydrogen-bond acceptors (Lipinski definition) is 5. The summed E-state index contributed by atoms with van der Waals surface area (Å²) in [6.45, 7) is 3.78. The summed E-state index contributed by atoms with van der Waals surface area (Å²) in [5.41, 5.74) is 2.11. The van der Waals surface area contributed by atoms with Gasteiger partial charge in [-0.25, -0.2) is 8.42 Å². The summed E-state index contributed by atoms with van der Waals surface area (Å²) in [6.07, 6.45) is 0. The Labute approximate surface area is 188 Å². The molecule has 0 bridgehead atoms. The maximum atomic E-state index is 13.0. The summed E-state index contributed by atoms with van der Waals surface area (Å²) in [7, 11) is -2.13. The van der Waals surface area contributed by atoms with Crippen LogP contribution in [-0.2, 0) is 14.8 Å². The van der Waals surface area contributed by atoms with Gasteiger partial charge in [0.05, 0.1) is 17.7 Å². The molecule has 0 saturated heterocycles. The zero-order chi connectivity index (χ0) is 23.1. The van der Waals surface area contributed by atoms with Crippen molar-refractivity contribution in [3.63, 3.8) is 0 Å². The molecule has 0 saturated carbocycles. The number of amides is 1. The molecule has 0 aromatic heterocycles. The third-order valence-corrected chi connectivity index (χ3v) is 6.66. The van der Waals surface area contributed by atoms with Crippen LogP contribution in [0.1, 0.15) is 12.5 Å². The van der Waals surface area contributed by atoms with E-state index in [0.29, 0.717) is 22.9 Å². The van der Waals surface area contributed by atoms with Crippen molar-refractivity contribution in [2.24, 2.45) is 0 Å². The number of anilines is 2. The van der Waals surface area contributed by atoms with Crippen LogP contribution < -0.4 is 19.1 Å². The molecule has 0 aliphatic carbocycles. The molecule has 0 fully saturated rings. The number of nitrogens with one attached hydrogen (secondary N) is 1. The average molecular weight is 455 g/mol. The first kappa shape index (κ1) is 23.1. The van der Waals surface area contributed by atoms with Crippen LogP contribution in [0.2, 0.25) is 0 Å². The highest BCUT2D eigenvalue weighted by atomic mass is 32.2. The average Bonchev–Trinajstić information content (AvgIpc) is 2.79. The van der Waals surface area contributed by atoms with Crippen LogP contribution in [0, 0.1) is 6.92 Å². The van der Waals surface area contributed by atoms with Crippen molar-refractivity contribution in [3.8, 4) is 11.5 Å². The fourth-order valence-electron chi connectivity index (χ4n) is 3.08. The van der Waals surface area contributed by atoms with Crippen molar-refractivity contribution >= 4 is 27.3 Å². The number of aryl methyl sites for hydroxylation is 1. The first-order chi connectivity index (χ1) is 15.3. The Kier molecular flexibility index (Phi) is 7.37. The molecule has 0 unspecified atom stereocenters. The second kappa shape index (κ2) is 10.2. The first-order valence-corrected chi connectivity index (χ1v) is 11.5. The summed E-state index contributed by atoms with van der Waals surface area (Å²) >= 11 is 0. The Morgan fingerprint density at radius 1 is 0.969 bits per heavy atom. The van der Waals surface area contributed by atoms with Crippen molar-refractivity contribution < 1.29 is 22.7 Å². The van der Waals surface area contributed by atoms with Gasteiger partial charge in [0, 0.05) is 18.3 Å². The van der Waals surface area contributed by atoms with Gasteiger partial charge in [0.2, 0.25) is 0 Å². The molecule has 3 rings (SSSR count). The molecule has 0 radical (unpaired) electrons. The summed E-state index contributed by atoms with van der Waals surface area (Å²) in [5, 5.41) is 2.74. The third-order valence-electron chi connectivity index (χ3n) is 4.74. The number of hydrogen-bond donors (Lipinski definition) is 1. The zero-order valence-corrected chi connectivity index (χ0v) is 19.1. The van der Waals surface area contributed by atoms with E-state index in [4.69, 9.17) is 9.47 Å². The molecule has 0 aliphatic rings. The fourth-order valence-corrected chi connectivity index (χ4v) is 4.56. The van der Waals surface area contributed by atoms with Crippen LogP contribution >= 0.6 is 0 Å². The predicted molar refractivity (Wildman–Crippen MR) is 125 cm³/mol. The number of benzene rings is 3. The smallest absolute Gasteiger partial charge is 0.264 e. The zero-order valence-electron chi connectivity index (χ0n) is 18.2. The van der Waals surface area contributed by atoms with Crippen molar-refractivity contribution in [1.82, 2.24) is 0 Å². The van der Waals surface area contributed by atoms with E-state index >= 15 is 0 Å². The number of methoxy groups -OCH3 is 1. The molecule has 0 spiro atoms. The Hall–Kier alpha value is -3.52. The lowest BCUT2D eigenvalue weighted by Crippen LogP contribution is -2.30. The van der Waals surface area contributed by atoms with E-state index in [0.717, 1.165) is 5.56 Å². The van der Waals surface area contributed by atoms with Gasteiger partial charge < -0.3 is 14.8 Å². The lowest BCUT2D eigenvalue weighted by atomic mass is 10.2. The van der Waals surface area contributed by atoms with Crippen LogP contribution in [0.15, 0.2) is 77.7 Å². The standard InChI is InChI=1S/C24H26N2O5S/c1-4-26(32(28,29)23-14-8-18(2)9-15-23)20-10-12-21(13-11-20)31-17-24(27)25-19-6-5-7-22(16-19)30-3/h5-16H,4,17H2,1-3H3,(H,25,27). The molecular formula is C24H26N2O5S. The van der Waals surface area contributed by atoms with Crippen molar-refractivity contribution in [1.29, 1.82) is 0 Å². The van der Waals surface area contributed by atoms with E-state index in [9.17, 15) is 13.2 Å². The van der Waals surface area contributed by atoms with Gasteiger partial charge in [0.15, 0.2) is 6.61 Å². The highest BCUT2D eigenvalue weighted by Gasteiger charge is 2.23. The maximum Gasteiger partial charge on any atom is 0.264 e. The van der Waals surface area contributed by atoms with Gasteiger partial charge in [-0.2, -0.15) is 0 Å². The molecule has 3 aromatic carbocycles. The molecule has 32 heavy (non-hydrogen) atoms. The van der Waals surface area contributed by atoms with E-state index in [1.807, 2.05) is 6.92 Å². The van der Waals surface area contributed by atoms with Crippen LogP contribution in [0.25, 0.3) is 0 Å². The van der Waals surface area contributed by atoms with E-state index < -0.39 is 10.0 Å². The number of ether oxygens (including phenoxy) is 2. The van der Waals surface area contributed by atoms with E-state index in [1.54, 1.807) is 86.8 Å². The lowest BCUT2D eigenvalue weighted by Gasteiger charge is -2.23. The Bertz CT molecular complexity index is 1160. The number of nitrogens with zero attached hydrogens (tertiary/aromatic N) is 1. The highest BCUT2D eigenvalue weighted by molar-refractivity contribution is 7.92. The molecule has 168 valence electrons. The monoisotopic (exact) mass is 454 g/mol. The molecule has 3 aromatic rings. The predicted octanol–water partition coefficient (Wildman–Crippen LogP) is 4.24. The normalized spacial score (nSPS) is 11.0. The lowest BCUT2D eigenvalue weighted by molar-refractivity contribution is -0.118. The van der Waals surface area contributed by atoms with Crippen LogP contribution in [0.4, 0.5) is 11.4 Å². The summed E-state index contributed by atoms with van der Waals surface area (Å²) in [5.74, 6) is 0.776. The van der Waals surface area contributed by atoms with Crippen LogP contribution in [0.5, 0.6) is 11.5 Å². The Morgan fingerprint density at radius 2 is 1.66 bits per heavy atom. The third kappa shape index (κ3) is 5.59. The topological polar surface area (TPSA) is 84.9 Å². The Morgan fingerprint density at radius 3 is 2.28 bits per heavy atom. The minimum atomic E-state index is -3.68. The summed E-state index contributed by atoms with van der Waals surface area (Å²) in [6, 6.07) is 20.4. The Balaban J connectivity index is 1.64. The summed E-state index contributed by atoms with van der Waals surface area (Å²) in [4.78, 5) is 12.4. The molecule has 1 N–H and O–H groups in total. The second-order valence-corrected chi connectivity index (χ2v) is 8.91. The molecule has 7 nitrogen and oxygen atoms in total. The largest absolute Gasteiger partial charge is 0.497 e. The quantitative estimate of drug-likeness (QED) is 0.523. The van der Waals surface area contributed by atoms with Gasteiger partial charge >= 0.3 is 0 Å². The van der Waals surface area contributed by atoms with Crippen LogP contribution in [0.3, 0.4) is 0 Å².